The quantitative estimate of drug-likeness (QED) is 0.838. The number of rotatable bonds is 6. The molecule has 3 N–H and O–H groups in total. The van der Waals surface area contributed by atoms with E-state index in [0.717, 1.165) is 18.6 Å². The molecular weight excluding hydrogens is 286 g/mol. The molecule has 0 bridgehead atoms. The Balaban J connectivity index is 3.33. The molecule has 0 heterocycles. The van der Waals surface area contributed by atoms with Gasteiger partial charge in [0.15, 0.2) is 0 Å². The third kappa shape index (κ3) is 5.22. The fraction of sp³-hybridized carbons (Fsp3) is 0.700. The average molecular weight is 322 g/mol. The third-order valence-corrected chi connectivity index (χ3v) is 4.40. The zero-order valence-corrected chi connectivity index (χ0v) is 16.0. The van der Waals surface area contributed by atoms with Crippen LogP contribution in [0, 0.1) is 5.92 Å². The Bertz CT molecular complexity index is 470. The zero-order valence-electron chi connectivity index (χ0n) is 16.0. The molecule has 0 aliphatic heterocycles. The fourth-order valence-corrected chi connectivity index (χ4v) is 2.82. The number of hydrogen-bond donors (Lipinski definition) is 2. The summed E-state index contributed by atoms with van der Waals surface area (Å²) in [5.74, 6) is 1.18. The number of ether oxygens (including phenoxy) is 1. The lowest BCUT2D eigenvalue weighted by Gasteiger charge is -2.30. The van der Waals surface area contributed by atoms with E-state index in [4.69, 9.17) is 10.5 Å². The highest BCUT2D eigenvalue weighted by Gasteiger charge is 2.27. The van der Waals surface area contributed by atoms with Crippen molar-refractivity contribution in [1.29, 1.82) is 0 Å². The summed E-state index contributed by atoms with van der Waals surface area (Å²) in [6.07, 6.45) is 1.84. The highest BCUT2D eigenvalue weighted by Crippen LogP contribution is 2.40. The van der Waals surface area contributed by atoms with E-state index in [1.165, 1.54) is 16.7 Å². The summed E-state index contributed by atoms with van der Waals surface area (Å²) in [4.78, 5) is 0. The number of hydrogen-bond acceptors (Lipinski definition) is 3. The molecule has 0 fully saturated rings. The van der Waals surface area contributed by atoms with Crippen LogP contribution in [-0.2, 0) is 17.3 Å². The highest BCUT2D eigenvalue weighted by atomic mass is 16.5. The summed E-state index contributed by atoms with van der Waals surface area (Å²) in [6.45, 7) is 14.0. The molecule has 0 aliphatic rings. The van der Waals surface area contributed by atoms with Gasteiger partial charge in [-0.3, -0.25) is 0 Å². The number of aryl methyl sites for hydroxylation is 1. The SMILES string of the molecule is COc1c(C(C)(C)C)cc(CCC(CN)CO)cc1C(C)(C)C. The van der Waals surface area contributed by atoms with Crippen molar-refractivity contribution < 1.29 is 9.84 Å². The number of benzene rings is 1. The van der Waals surface area contributed by atoms with Crippen LogP contribution in [0.25, 0.3) is 0 Å². The Morgan fingerprint density at radius 2 is 1.52 bits per heavy atom. The Hall–Kier alpha value is -1.06. The molecule has 1 atom stereocenters. The molecule has 0 saturated heterocycles. The number of aliphatic hydroxyl groups excluding tert-OH is 1. The van der Waals surface area contributed by atoms with Gasteiger partial charge in [-0.15, -0.1) is 0 Å². The molecule has 3 heteroatoms. The summed E-state index contributed by atoms with van der Waals surface area (Å²) in [5.41, 5.74) is 9.54. The maximum atomic E-state index is 9.35. The van der Waals surface area contributed by atoms with Gasteiger partial charge in [0.25, 0.3) is 0 Å². The number of aliphatic hydroxyl groups is 1. The molecule has 132 valence electrons. The van der Waals surface area contributed by atoms with Gasteiger partial charge in [-0.2, -0.15) is 0 Å². The minimum atomic E-state index is 0.0194. The molecule has 23 heavy (non-hydrogen) atoms. The first kappa shape index (κ1) is 20.0. The molecule has 0 aliphatic carbocycles. The lowest BCUT2D eigenvalue weighted by atomic mass is 9.78. The summed E-state index contributed by atoms with van der Waals surface area (Å²) in [5, 5.41) is 9.35. The smallest absolute Gasteiger partial charge is 0.126 e. The maximum Gasteiger partial charge on any atom is 0.126 e. The predicted octanol–water partition coefficient (Wildman–Crippen LogP) is 3.79. The van der Waals surface area contributed by atoms with E-state index in [1.54, 1.807) is 7.11 Å². The number of methoxy groups -OCH3 is 1. The van der Waals surface area contributed by atoms with Gasteiger partial charge in [0, 0.05) is 17.7 Å². The molecule has 1 aromatic rings. The third-order valence-electron chi connectivity index (χ3n) is 4.40. The van der Waals surface area contributed by atoms with Crippen LogP contribution in [0.1, 0.15) is 64.7 Å². The monoisotopic (exact) mass is 321 g/mol. The lowest BCUT2D eigenvalue weighted by Crippen LogP contribution is -2.21. The van der Waals surface area contributed by atoms with E-state index in [0.29, 0.717) is 6.54 Å². The van der Waals surface area contributed by atoms with Crippen LogP contribution in [0.2, 0.25) is 0 Å². The molecule has 3 nitrogen and oxygen atoms in total. The van der Waals surface area contributed by atoms with Crippen molar-refractivity contribution >= 4 is 0 Å². The molecule has 1 rings (SSSR count). The van der Waals surface area contributed by atoms with Gasteiger partial charge in [0.1, 0.15) is 5.75 Å². The van der Waals surface area contributed by atoms with E-state index < -0.39 is 0 Å². The molecule has 0 aromatic heterocycles. The van der Waals surface area contributed by atoms with Crippen LogP contribution in [0.3, 0.4) is 0 Å². The van der Waals surface area contributed by atoms with Gasteiger partial charge in [0.2, 0.25) is 0 Å². The van der Waals surface area contributed by atoms with Crippen molar-refractivity contribution in [3.05, 3.63) is 28.8 Å². The minimum Gasteiger partial charge on any atom is -0.496 e. The van der Waals surface area contributed by atoms with Crippen molar-refractivity contribution in [1.82, 2.24) is 0 Å². The van der Waals surface area contributed by atoms with Crippen molar-refractivity contribution in [2.75, 3.05) is 20.3 Å². The van der Waals surface area contributed by atoms with E-state index >= 15 is 0 Å². The second kappa shape index (κ2) is 7.67. The van der Waals surface area contributed by atoms with Crippen molar-refractivity contribution in [3.8, 4) is 5.75 Å². The van der Waals surface area contributed by atoms with E-state index in [1.807, 2.05) is 0 Å². The zero-order chi connectivity index (χ0) is 17.8. The van der Waals surface area contributed by atoms with Crippen LogP contribution in [-0.4, -0.2) is 25.4 Å². The average Bonchev–Trinajstić information content (AvgIpc) is 2.45. The van der Waals surface area contributed by atoms with Gasteiger partial charge in [-0.25, -0.2) is 0 Å². The molecular formula is C20H35NO2. The van der Waals surface area contributed by atoms with Crippen molar-refractivity contribution in [3.63, 3.8) is 0 Å². The van der Waals surface area contributed by atoms with E-state index in [9.17, 15) is 5.11 Å². The van der Waals surface area contributed by atoms with Gasteiger partial charge in [0.05, 0.1) is 7.11 Å². The first-order chi connectivity index (χ1) is 10.5. The van der Waals surface area contributed by atoms with Crippen molar-refractivity contribution in [2.24, 2.45) is 11.7 Å². The van der Waals surface area contributed by atoms with Crippen molar-refractivity contribution in [2.45, 2.75) is 65.2 Å². The van der Waals surface area contributed by atoms with Crippen LogP contribution < -0.4 is 10.5 Å². The molecule has 0 saturated carbocycles. The second-order valence-electron chi connectivity index (χ2n) is 8.55. The Morgan fingerprint density at radius 1 is 1.04 bits per heavy atom. The normalized spacial score (nSPS) is 14.0. The van der Waals surface area contributed by atoms with Crippen LogP contribution in [0.15, 0.2) is 12.1 Å². The molecule has 1 unspecified atom stereocenters. The Morgan fingerprint density at radius 3 is 1.83 bits per heavy atom. The van der Waals surface area contributed by atoms with Gasteiger partial charge in [-0.1, -0.05) is 53.7 Å². The molecule has 0 spiro atoms. The van der Waals surface area contributed by atoms with Gasteiger partial charge in [-0.05, 0) is 41.7 Å². The summed E-state index contributed by atoms with van der Waals surface area (Å²) >= 11 is 0. The predicted molar refractivity (Wildman–Crippen MR) is 98.3 cm³/mol. The topological polar surface area (TPSA) is 55.5 Å². The van der Waals surface area contributed by atoms with Gasteiger partial charge >= 0.3 is 0 Å². The Labute approximate surface area is 142 Å². The highest BCUT2D eigenvalue weighted by molar-refractivity contribution is 5.50. The number of nitrogens with two attached hydrogens (primary N) is 1. The van der Waals surface area contributed by atoms with Crippen LogP contribution >= 0.6 is 0 Å². The van der Waals surface area contributed by atoms with E-state index in [-0.39, 0.29) is 23.4 Å². The summed E-state index contributed by atoms with van der Waals surface area (Å²) < 4.78 is 5.79. The first-order valence-electron chi connectivity index (χ1n) is 8.57. The van der Waals surface area contributed by atoms with Gasteiger partial charge < -0.3 is 15.6 Å². The maximum absolute atomic E-state index is 9.35. The standard InChI is InChI=1S/C20H35NO2/c1-19(2,3)16-10-14(8-9-15(12-21)13-22)11-17(18(16)23-7)20(4,5)6/h10-11,15,22H,8-9,12-13,21H2,1-7H3. The second-order valence-corrected chi connectivity index (χ2v) is 8.55. The first-order valence-corrected chi connectivity index (χ1v) is 8.57. The van der Waals surface area contributed by atoms with Crippen LogP contribution in [0.4, 0.5) is 0 Å². The summed E-state index contributed by atoms with van der Waals surface area (Å²) in [6, 6.07) is 4.53. The molecule has 0 radical (unpaired) electrons. The van der Waals surface area contributed by atoms with E-state index in [2.05, 4.69) is 53.7 Å². The largest absolute Gasteiger partial charge is 0.496 e. The molecule has 1 aromatic carbocycles. The minimum absolute atomic E-state index is 0.0194. The fourth-order valence-electron chi connectivity index (χ4n) is 2.82. The summed E-state index contributed by atoms with van der Waals surface area (Å²) in [7, 11) is 1.76. The lowest BCUT2D eigenvalue weighted by molar-refractivity contribution is 0.223. The Kier molecular flexibility index (Phi) is 6.67. The molecule has 0 amide bonds. The van der Waals surface area contributed by atoms with Crippen LogP contribution in [0.5, 0.6) is 5.75 Å².